The maximum Gasteiger partial charge on any atom is 0.165 e. The maximum absolute atomic E-state index is 13.9. The van der Waals surface area contributed by atoms with Crippen LogP contribution in [0.2, 0.25) is 0 Å². The zero-order valence-electron chi connectivity index (χ0n) is 10.7. The molecule has 2 heterocycles. The van der Waals surface area contributed by atoms with E-state index in [-0.39, 0.29) is 5.75 Å². The summed E-state index contributed by atoms with van der Waals surface area (Å²) in [5.74, 6) is -0.138. The molecular formula is C14H11BrFN3O. The number of imidazole rings is 1. The molecule has 20 heavy (non-hydrogen) atoms. The third kappa shape index (κ3) is 2.38. The predicted molar refractivity (Wildman–Crippen MR) is 77.3 cm³/mol. The van der Waals surface area contributed by atoms with Gasteiger partial charge in [0.1, 0.15) is 4.60 Å². The van der Waals surface area contributed by atoms with Gasteiger partial charge >= 0.3 is 0 Å². The Morgan fingerprint density at radius 2 is 2.15 bits per heavy atom. The molecule has 6 heteroatoms. The highest BCUT2D eigenvalue weighted by molar-refractivity contribution is 9.10. The van der Waals surface area contributed by atoms with E-state index in [9.17, 15) is 4.39 Å². The van der Waals surface area contributed by atoms with E-state index in [1.807, 2.05) is 19.1 Å². The number of nitrogens with zero attached hydrogens (tertiary/aromatic N) is 3. The summed E-state index contributed by atoms with van der Waals surface area (Å²) in [6.07, 6.45) is 1.75. The number of halogens is 2. The topological polar surface area (TPSA) is 39.4 Å². The van der Waals surface area contributed by atoms with E-state index in [1.54, 1.807) is 22.8 Å². The first-order valence-electron chi connectivity index (χ1n) is 6.12. The SMILES string of the molecule is CCOc1ccc(-c2ccc3nc(Br)cn3n2)cc1F. The zero-order chi connectivity index (χ0) is 14.1. The van der Waals surface area contributed by atoms with Crippen LogP contribution in [0.25, 0.3) is 16.9 Å². The molecule has 3 aromatic rings. The van der Waals surface area contributed by atoms with Gasteiger partial charge in [-0.05, 0) is 53.2 Å². The first kappa shape index (κ1) is 13.1. The lowest BCUT2D eigenvalue weighted by Gasteiger charge is -2.06. The molecule has 0 N–H and O–H groups in total. The predicted octanol–water partition coefficient (Wildman–Crippen LogP) is 3.70. The van der Waals surface area contributed by atoms with Crippen molar-refractivity contribution in [2.45, 2.75) is 6.92 Å². The third-order valence-electron chi connectivity index (χ3n) is 2.82. The normalized spacial score (nSPS) is 10.9. The van der Waals surface area contributed by atoms with Crippen LogP contribution in [0.1, 0.15) is 6.92 Å². The molecule has 0 spiro atoms. The van der Waals surface area contributed by atoms with Gasteiger partial charge in [-0.25, -0.2) is 13.9 Å². The van der Waals surface area contributed by atoms with Crippen LogP contribution in [0.4, 0.5) is 4.39 Å². The molecule has 0 saturated carbocycles. The monoisotopic (exact) mass is 335 g/mol. The minimum absolute atomic E-state index is 0.253. The van der Waals surface area contributed by atoms with Gasteiger partial charge in [0.25, 0.3) is 0 Å². The van der Waals surface area contributed by atoms with E-state index < -0.39 is 5.82 Å². The number of fused-ring (bicyclic) bond motifs is 1. The highest BCUT2D eigenvalue weighted by Crippen LogP contribution is 2.24. The molecule has 0 aliphatic rings. The fourth-order valence-electron chi connectivity index (χ4n) is 1.94. The Bertz CT molecular complexity index is 772. The summed E-state index contributed by atoms with van der Waals surface area (Å²) in [5, 5.41) is 4.40. The van der Waals surface area contributed by atoms with Crippen molar-refractivity contribution in [3.05, 3.63) is 46.9 Å². The molecule has 4 nitrogen and oxygen atoms in total. The summed E-state index contributed by atoms with van der Waals surface area (Å²) in [5.41, 5.74) is 2.09. The molecule has 0 aliphatic heterocycles. The molecule has 102 valence electrons. The molecule has 0 aliphatic carbocycles. The molecule has 1 aromatic carbocycles. The Hall–Kier alpha value is -1.95. The van der Waals surface area contributed by atoms with Gasteiger partial charge in [-0.2, -0.15) is 5.10 Å². The molecule has 2 aromatic heterocycles. The van der Waals surface area contributed by atoms with Crippen LogP contribution in [-0.2, 0) is 0 Å². The smallest absolute Gasteiger partial charge is 0.165 e. The highest BCUT2D eigenvalue weighted by atomic mass is 79.9. The van der Waals surface area contributed by atoms with E-state index in [2.05, 4.69) is 26.0 Å². The summed E-state index contributed by atoms with van der Waals surface area (Å²) in [7, 11) is 0. The van der Waals surface area contributed by atoms with E-state index in [1.165, 1.54) is 6.07 Å². The van der Waals surface area contributed by atoms with Crippen molar-refractivity contribution < 1.29 is 9.13 Å². The Morgan fingerprint density at radius 3 is 2.90 bits per heavy atom. The average molecular weight is 336 g/mol. The standard InChI is InChI=1S/C14H11BrFN3O/c1-2-20-12-5-3-9(7-10(12)16)11-4-6-14-17-13(15)8-19(14)18-11/h3-8H,2H2,1H3. The van der Waals surface area contributed by atoms with Gasteiger partial charge in [0, 0.05) is 5.56 Å². The van der Waals surface area contributed by atoms with Crippen molar-refractivity contribution in [3.63, 3.8) is 0 Å². The number of ether oxygens (including phenoxy) is 1. The Kier molecular flexibility index (Phi) is 3.40. The second kappa shape index (κ2) is 5.20. The Morgan fingerprint density at radius 1 is 1.30 bits per heavy atom. The van der Waals surface area contributed by atoms with Gasteiger partial charge in [-0.15, -0.1) is 0 Å². The first-order chi connectivity index (χ1) is 9.67. The number of benzene rings is 1. The minimum atomic E-state index is -0.391. The van der Waals surface area contributed by atoms with Crippen LogP contribution in [0.3, 0.4) is 0 Å². The van der Waals surface area contributed by atoms with Gasteiger partial charge in [-0.3, -0.25) is 0 Å². The summed E-state index contributed by atoms with van der Waals surface area (Å²) in [6, 6.07) is 8.47. The van der Waals surface area contributed by atoms with Crippen molar-refractivity contribution in [1.82, 2.24) is 14.6 Å². The van der Waals surface area contributed by atoms with Crippen LogP contribution in [-0.4, -0.2) is 21.2 Å². The van der Waals surface area contributed by atoms with Crippen molar-refractivity contribution in [3.8, 4) is 17.0 Å². The molecule has 0 unspecified atom stereocenters. The molecule has 0 amide bonds. The lowest BCUT2D eigenvalue weighted by atomic mass is 10.1. The fraction of sp³-hybridized carbons (Fsp3) is 0.143. The van der Waals surface area contributed by atoms with Crippen LogP contribution in [0.5, 0.6) is 5.75 Å². The van der Waals surface area contributed by atoms with Crippen LogP contribution >= 0.6 is 15.9 Å². The van der Waals surface area contributed by atoms with Crippen LogP contribution in [0, 0.1) is 5.82 Å². The van der Waals surface area contributed by atoms with Crippen molar-refractivity contribution in [1.29, 1.82) is 0 Å². The highest BCUT2D eigenvalue weighted by Gasteiger charge is 2.08. The summed E-state index contributed by atoms with van der Waals surface area (Å²) in [4.78, 5) is 4.23. The third-order valence-corrected chi connectivity index (χ3v) is 3.20. The van der Waals surface area contributed by atoms with Crippen molar-refractivity contribution in [2.24, 2.45) is 0 Å². The molecule has 0 atom stereocenters. The van der Waals surface area contributed by atoms with E-state index >= 15 is 0 Å². The first-order valence-corrected chi connectivity index (χ1v) is 6.91. The van der Waals surface area contributed by atoms with Crippen LogP contribution < -0.4 is 4.74 Å². The summed E-state index contributed by atoms with van der Waals surface area (Å²) < 4.78 is 21.4. The largest absolute Gasteiger partial charge is 0.491 e. The molecule has 0 saturated heterocycles. The number of aromatic nitrogens is 3. The van der Waals surface area contributed by atoms with Crippen molar-refractivity contribution in [2.75, 3.05) is 6.61 Å². The zero-order valence-corrected chi connectivity index (χ0v) is 12.3. The Labute approximate surface area is 123 Å². The number of rotatable bonds is 3. The maximum atomic E-state index is 13.9. The molecule has 0 fully saturated rings. The quantitative estimate of drug-likeness (QED) is 0.732. The summed E-state index contributed by atoms with van der Waals surface area (Å²) >= 11 is 3.30. The molecule has 3 rings (SSSR count). The fourth-order valence-corrected chi connectivity index (χ4v) is 2.32. The second-order valence-electron chi connectivity index (χ2n) is 4.16. The van der Waals surface area contributed by atoms with E-state index in [0.717, 1.165) is 5.65 Å². The average Bonchev–Trinajstić information content (AvgIpc) is 2.80. The number of hydrogen-bond donors (Lipinski definition) is 0. The molecule has 0 bridgehead atoms. The van der Waals surface area contributed by atoms with Gasteiger partial charge in [0.15, 0.2) is 17.2 Å². The van der Waals surface area contributed by atoms with Crippen molar-refractivity contribution >= 4 is 21.6 Å². The number of hydrogen-bond acceptors (Lipinski definition) is 3. The van der Waals surface area contributed by atoms with Gasteiger partial charge in [0.05, 0.1) is 18.5 Å². The molecular weight excluding hydrogens is 325 g/mol. The Balaban J connectivity index is 2.03. The van der Waals surface area contributed by atoms with E-state index in [0.29, 0.717) is 22.5 Å². The van der Waals surface area contributed by atoms with E-state index in [4.69, 9.17) is 4.74 Å². The lowest BCUT2D eigenvalue weighted by molar-refractivity contribution is 0.321. The van der Waals surface area contributed by atoms with Gasteiger partial charge < -0.3 is 4.74 Å². The van der Waals surface area contributed by atoms with Crippen LogP contribution in [0.15, 0.2) is 41.1 Å². The second-order valence-corrected chi connectivity index (χ2v) is 4.98. The molecule has 0 radical (unpaired) electrons. The summed E-state index contributed by atoms with van der Waals surface area (Å²) in [6.45, 7) is 2.25. The van der Waals surface area contributed by atoms with Gasteiger partial charge in [0.2, 0.25) is 0 Å². The minimum Gasteiger partial charge on any atom is -0.491 e. The lowest BCUT2D eigenvalue weighted by Crippen LogP contribution is -1.96. The van der Waals surface area contributed by atoms with Gasteiger partial charge in [-0.1, -0.05) is 0 Å².